The van der Waals surface area contributed by atoms with Crippen LogP contribution in [-0.2, 0) is 4.74 Å². The normalized spacial score (nSPS) is 35.2. The second kappa shape index (κ2) is 3.52. The van der Waals surface area contributed by atoms with Crippen molar-refractivity contribution in [3.63, 3.8) is 0 Å². The molecule has 1 saturated heterocycles. The Hall–Kier alpha value is -0.120. The molecule has 0 aromatic heterocycles. The van der Waals surface area contributed by atoms with Crippen LogP contribution in [-0.4, -0.2) is 28.7 Å². The molecule has 2 atom stereocenters. The van der Waals surface area contributed by atoms with Gasteiger partial charge in [-0.25, -0.2) is 0 Å². The highest BCUT2D eigenvalue weighted by molar-refractivity contribution is 4.78. The van der Waals surface area contributed by atoms with Gasteiger partial charge >= 0.3 is 0 Å². The zero-order valence-corrected chi connectivity index (χ0v) is 6.92. The van der Waals surface area contributed by atoms with Crippen LogP contribution in [0.4, 0.5) is 0 Å². The van der Waals surface area contributed by atoms with E-state index in [2.05, 4.69) is 0 Å². The van der Waals surface area contributed by atoms with E-state index in [1.165, 1.54) is 0 Å². The first-order valence-electron chi connectivity index (χ1n) is 4.23. The molecule has 2 N–H and O–H groups in total. The summed E-state index contributed by atoms with van der Waals surface area (Å²) in [7, 11) is 0. The van der Waals surface area contributed by atoms with E-state index in [1.807, 2.05) is 6.92 Å². The summed E-state index contributed by atoms with van der Waals surface area (Å²) in [6.07, 6.45) is 2.29. The molecule has 1 rings (SSSR count). The fourth-order valence-corrected chi connectivity index (χ4v) is 1.38. The van der Waals surface area contributed by atoms with Crippen LogP contribution < -0.4 is 0 Å². The monoisotopic (exact) mass is 160 g/mol. The van der Waals surface area contributed by atoms with E-state index in [4.69, 9.17) is 4.74 Å². The third kappa shape index (κ3) is 1.92. The van der Waals surface area contributed by atoms with E-state index in [0.717, 1.165) is 12.8 Å². The summed E-state index contributed by atoms with van der Waals surface area (Å²) in [5.74, 6) is -1.26. The van der Waals surface area contributed by atoms with Crippen LogP contribution in [0.5, 0.6) is 0 Å². The van der Waals surface area contributed by atoms with Crippen LogP contribution in [0.2, 0.25) is 0 Å². The molecule has 3 nitrogen and oxygen atoms in total. The Morgan fingerprint density at radius 3 is 2.73 bits per heavy atom. The number of aliphatic hydroxyl groups is 2. The van der Waals surface area contributed by atoms with Gasteiger partial charge in [-0.1, -0.05) is 6.92 Å². The van der Waals surface area contributed by atoms with Crippen LogP contribution in [0.3, 0.4) is 0 Å². The lowest BCUT2D eigenvalue weighted by Gasteiger charge is -2.35. The maximum Gasteiger partial charge on any atom is 0.191 e. The molecule has 0 bridgehead atoms. The zero-order chi connectivity index (χ0) is 8.32. The Kier molecular flexibility index (Phi) is 2.87. The molecule has 0 saturated carbocycles. The molecule has 1 heterocycles. The second-order valence-corrected chi connectivity index (χ2v) is 3.07. The summed E-state index contributed by atoms with van der Waals surface area (Å²) in [6.45, 7) is 2.40. The average molecular weight is 160 g/mol. The largest absolute Gasteiger partial charge is 0.388 e. The fraction of sp³-hybridized carbons (Fsp3) is 1.00. The van der Waals surface area contributed by atoms with Crippen molar-refractivity contribution in [2.24, 2.45) is 0 Å². The summed E-state index contributed by atoms with van der Waals surface area (Å²) in [5.41, 5.74) is 0. The predicted octanol–water partition coefficient (Wildman–Crippen LogP) is 0.646. The molecule has 0 spiro atoms. The van der Waals surface area contributed by atoms with E-state index in [0.29, 0.717) is 19.4 Å². The Balaban J connectivity index is 2.49. The number of rotatable bonds is 2. The molecule has 1 fully saturated rings. The minimum Gasteiger partial charge on any atom is -0.388 e. The molecular weight excluding hydrogens is 144 g/mol. The molecule has 2 unspecified atom stereocenters. The highest BCUT2D eigenvalue weighted by Crippen LogP contribution is 2.26. The number of hydrogen-bond acceptors (Lipinski definition) is 3. The number of hydrogen-bond donors (Lipinski definition) is 2. The summed E-state index contributed by atoms with van der Waals surface area (Å²) in [4.78, 5) is 0. The SMILES string of the molecule is CCC(O)C1(O)CCCCO1. The summed E-state index contributed by atoms with van der Waals surface area (Å²) < 4.78 is 5.12. The van der Waals surface area contributed by atoms with Crippen molar-refractivity contribution in [3.05, 3.63) is 0 Å². The molecule has 11 heavy (non-hydrogen) atoms. The van der Waals surface area contributed by atoms with E-state index < -0.39 is 11.9 Å². The van der Waals surface area contributed by atoms with Crippen molar-refractivity contribution in [3.8, 4) is 0 Å². The van der Waals surface area contributed by atoms with Crippen LogP contribution in [0.1, 0.15) is 32.6 Å². The number of aliphatic hydroxyl groups excluding tert-OH is 1. The van der Waals surface area contributed by atoms with E-state index in [1.54, 1.807) is 0 Å². The molecule has 0 amide bonds. The van der Waals surface area contributed by atoms with Gasteiger partial charge in [0.05, 0.1) is 6.61 Å². The lowest BCUT2D eigenvalue weighted by molar-refractivity contribution is -0.273. The van der Waals surface area contributed by atoms with Gasteiger partial charge in [0.15, 0.2) is 5.79 Å². The van der Waals surface area contributed by atoms with Gasteiger partial charge < -0.3 is 14.9 Å². The third-order valence-corrected chi connectivity index (χ3v) is 2.19. The van der Waals surface area contributed by atoms with Crippen LogP contribution in [0.25, 0.3) is 0 Å². The Labute approximate surface area is 67.0 Å². The first kappa shape index (κ1) is 8.97. The second-order valence-electron chi connectivity index (χ2n) is 3.07. The molecule has 0 aliphatic carbocycles. The zero-order valence-electron chi connectivity index (χ0n) is 6.92. The third-order valence-electron chi connectivity index (χ3n) is 2.19. The predicted molar refractivity (Wildman–Crippen MR) is 41.1 cm³/mol. The van der Waals surface area contributed by atoms with E-state index in [-0.39, 0.29) is 0 Å². The van der Waals surface area contributed by atoms with Crippen molar-refractivity contribution in [2.75, 3.05) is 6.61 Å². The molecule has 1 aliphatic heterocycles. The average Bonchev–Trinajstić information content (AvgIpc) is 2.04. The van der Waals surface area contributed by atoms with E-state index >= 15 is 0 Å². The minimum atomic E-state index is -1.26. The molecule has 0 aromatic rings. The topological polar surface area (TPSA) is 49.7 Å². The van der Waals surface area contributed by atoms with Gasteiger partial charge in [-0.2, -0.15) is 0 Å². The molecule has 66 valence electrons. The standard InChI is InChI=1S/C8H16O3/c1-2-7(9)8(10)5-3-4-6-11-8/h7,9-10H,2-6H2,1H3. The van der Waals surface area contributed by atoms with Crippen molar-refractivity contribution in [1.29, 1.82) is 0 Å². The molecule has 0 aromatic carbocycles. The highest BCUT2D eigenvalue weighted by atomic mass is 16.6. The summed E-state index contributed by atoms with van der Waals surface area (Å²) in [5, 5.41) is 19.0. The molecule has 3 heteroatoms. The van der Waals surface area contributed by atoms with Gasteiger partial charge in [-0.05, 0) is 19.3 Å². The van der Waals surface area contributed by atoms with Crippen LogP contribution in [0, 0.1) is 0 Å². The lowest BCUT2D eigenvalue weighted by Crippen LogP contribution is -2.46. The van der Waals surface area contributed by atoms with Gasteiger partial charge in [-0.15, -0.1) is 0 Å². The van der Waals surface area contributed by atoms with Gasteiger partial charge in [0.1, 0.15) is 6.10 Å². The Morgan fingerprint density at radius 2 is 2.27 bits per heavy atom. The Bertz CT molecular complexity index is 119. The summed E-state index contributed by atoms with van der Waals surface area (Å²) >= 11 is 0. The maximum atomic E-state index is 9.67. The van der Waals surface area contributed by atoms with Crippen molar-refractivity contribution >= 4 is 0 Å². The van der Waals surface area contributed by atoms with Crippen LogP contribution in [0.15, 0.2) is 0 Å². The van der Waals surface area contributed by atoms with Crippen molar-refractivity contribution in [2.45, 2.75) is 44.5 Å². The van der Waals surface area contributed by atoms with Crippen molar-refractivity contribution in [1.82, 2.24) is 0 Å². The van der Waals surface area contributed by atoms with Gasteiger partial charge in [0.25, 0.3) is 0 Å². The first-order chi connectivity index (χ1) is 5.19. The Morgan fingerprint density at radius 1 is 1.55 bits per heavy atom. The minimum absolute atomic E-state index is 0.538. The quantitative estimate of drug-likeness (QED) is 0.623. The van der Waals surface area contributed by atoms with Gasteiger partial charge in [0, 0.05) is 6.42 Å². The van der Waals surface area contributed by atoms with Crippen molar-refractivity contribution < 1.29 is 14.9 Å². The van der Waals surface area contributed by atoms with Gasteiger partial charge in [0.2, 0.25) is 0 Å². The smallest absolute Gasteiger partial charge is 0.191 e. The summed E-state index contributed by atoms with van der Waals surface area (Å²) in [6, 6.07) is 0. The fourth-order valence-electron chi connectivity index (χ4n) is 1.38. The van der Waals surface area contributed by atoms with Gasteiger partial charge in [-0.3, -0.25) is 0 Å². The molecule has 1 aliphatic rings. The highest BCUT2D eigenvalue weighted by Gasteiger charge is 2.36. The number of ether oxygens (including phenoxy) is 1. The lowest BCUT2D eigenvalue weighted by atomic mass is 9.98. The van der Waals surface area contributed by atoms with E-state index in [9.17, 15) is 10.2 Å². The molecular formula is C8H16O3. The van der Waals surface area contributed by atoms with Crippen LogP contribution >= 0.6 is 0 Å². The first-order valence-corrected chi connectivity index (χ1v) is 4.23. The molecule has 0 radical (unpaired) electrons. The maximum absolute atomic E-state index is 9.67.